The lowest BCUT2D eigenvalue weighted by Crippen LogP contribution is -2.59. The van der Waals surface area contributed by atoms with Gasteiger partial charge in [-0.05, 0) is 39.0 Å². The molecule has 8 atom stereocenters. The second-order valence-electron chi connectivity index (χ2n) is 13.3. The minimum absolute atomic E-state index is 0.00909. The number of aliphatic hydroxyl groups is 2. The number of aliphatic hydroxyl groups excluding tert-OH is 2. The van der Waals surface area contributed by atoms with E-state index in [4.69, 9.17) is 28.0 Å². The van der Waals surface area contributed by atoms with Crippen LogP contribution >= 0.6 is 0 Å². The number of carboxylic acid groups (broad SMARTS) is 2. The number of hydrogen-bond acceptors (Lipinski definition) is 13. The van der Waals surface area contributed by atoms with Gasteiger partial charge in [0, 0.05) is 26.6 Å². The number of carbonyl (C=O) groups is 9. The van der Waals surface area contributed by atoms with E-state index in [1.54, 1.807) is 0 Å². The smallest absolute Gasteiger partial charge is 0.327 e. The number of carboxylic acids is 2. The number of carbonyl (C=O) groups excluding carboxylic acids is 7. The number of guanidine groups is 2. The number of hydrogen-bond donors (Lipinski definition) is 15. The highest BCUT2D eigenvalue weighted by Crippen LogP contribution is 2.11. The number of rotatable bonds is 28. The Balaban J connectivity index is 6.24. The zero-order valence-electron chi connectivity index (χ0n) is 33.4. The van der Waals surface area contributed by atoms with Gasteiger partial charge in [-0.3, -0.25) is 43.5 Å². The Hall–Kier alpha value is -6.31. The summed E-state index contributed by atoms with van der Waals surface area (Å²) in [5.41, 5.74) is 21.4. The zero-order chi connectivity index (χ0) is 45.4. The first-order valence-corrected chi connectivity index (χ1v) is 18.4. The van der Waals surface area contributed by atoms with E-state index < -0.39 is 115 Å². The molecular weight excluding hydrogens is 786 g/mol. The first-order chi connectivity index (χ1) is 27.6. The Morgan fingerprint density at radius 3 is 1.47 bits per heavy atom. The van der Waals surface area contributed by atoms with Crippen LogP contribution in [-0.4, -0.2) is 155 Å². The van der Waals surface area contributed by atoms with Crippen LogP contribution in [0.2, 0.25) is 0 Å². The van der Waals surface area contributed by atoms with Crippen LogP contribution in [0.1, 0.15) is 59.3 Å². The maximum Gasteiger partial charge on any atom is 0.327 e. The number of amides is 7. The molecule has 0 radical (unpaired) electrons. The lowest BCUT2D eigenvalue weighted by atomic mass is 9.98. The number of aliphatic imine (C=N–C) groups is 2. The minimum Gasteiger partial charge on any atom is -0.480 e. The van der Waals surface area contributed by atoms with E-state index in [0.29, 0.717) is 0 Å². The lowest BCUT2D eigenvalue weighted by molar-refractivity contribution is -0.146. The van der Waals surface area contributed by atoms with Gasteiger partial charge in [-0.2, -0.15) is 0 Å². The van der Waals surface area contributed by atoms with Crippen molar-refractivity contribution in [2.75, 3.05) is 33.4 Å². The molecule has 0 bridgehead atoms. The molecule has 0 spiro atoms. The van der Waals surface area contributed by atoms with Crippen molar-refractivity contribution in [3.8, 4) is 0 Å². The fourth-order valence-corrected chi connectivity index (χ4v) is 5.06. The van der Waals surface area contributed by atoms with Gasteiger partial charge in [0.05, 0.1) is 24.5 Å². The summed E-state index contributed by atoms with van der Waals surface area (Å²) < 4.78 is 0. The van der Waals surface area contributed by atoms with Crippen molar-refractivity contribution < 1.29 is 63.6 Å². The van der Waals surface area contributed by atoms with Gasteiger partial charge in [0.1, 0.15) is 36.8 Å². The Labute approximate surface area is 339 Å². The first kappa shape index (κ1) is 52.7. The summed E-state index contributed by atoms with van der Waals surface area (Å²) in [6.07, 6.45) is -0.617. The van der Waals surface area contributed by atoms with Gasteiger partial charge in [0.15, 0.2) is 11.9 Å². The highest BCUT2D eigenvalue weighted by molar-refractivity contribution is 5.96. The minimum atomic E-state index is -1.95. The van der Waals surface area contributed by atoms with Crippen molar-refractivity contribution in [3.63, 3.8) is 0 Å². The zero-order valence-corrected chi connectivity index (χ0v) is 33.4. The molecule has 0 aliphatic heterocycles. The SMILES string of the molecule is CNC(=O)CC[C@@H](NC(=O)[C@@H](C)[C@H](CO)NC(=O)[C@H](CCCN=C(N)N)NC(=O)[C@@H](C)[C@@H](NC(=O)[C@H](CCCN=C(N)N)NC(=O)[C@@H](C)NC(=O)CO)C(=O)O)C(=O)O. The van der Waals surface area contributed by atoms with E-state index >= 15 is 0 Å². The third-order valence-corrected chi connectivity index (χ3v) is 8.64. The fourth-order valence-electron chi connectivity index (χ4n) is 5.06. The van der Waals surface area contributed by atoms with Crippen LogP contribution in [0.5, 0.6) is 0 Å². The molecule has 0 aromatic heterocycles. The fraction of sp³-hybridized carbons (Fsp3) is 0.667. The normalized spacial score (nSPS) is 14.7. The van der Waals surface area contributed by atoms with Crippen molar-refractivity contribution in [3.05, 3.63) is 0 Å². The Kier molecular flexibility index (Phi) is 24.4. The monoisotopic (exact) mass is 845 g/mol. The molecule has 0 saturated heterocycles. The summed E-state index contributed by atoms with van der Waals surface area (Å²) in [6, 6.07) is -8.91. The molecule has 26 nitrogen and oxygen atoms in total. The van der Waals surface area contributed by atoms with Gasteiger partial charge in [-0.15, -0.1) is 0 Å². The van der Waals surface area contributed by atoms with Gasteiger partial charge in [-0.1, -0.05) is 13.8 Å². The number of aliphatic carboxylic acids is 2. The molecule has 0 unspecified atom stereocenters. The van der Waals surface area contributed by atoms with Gasteiger partial charge in [0.25, 0.3) is 0 Å². The summed E-state index contributed by atoms with van der Waals surface area (Å²) in [6.45, 7) is 1.92. The Morgan fingerprint density at radius 1 is 0.559 bits per heavy atom. The molecule has 0 saturated carbocycles. The number of nitrogens with one attached hydrogen (secondary N) is 7. The third-order valence-electron chi connectivity index (χ3n) is 8.64. The van der Waals surface area contributed by atoms with Gasteiger partial charge in [0.2, 0.25) is 41.4 Å². The van der Waals surface area contributed by atoms with Gasteiger partial charge < -0.3 is 80.6 Å². The maximum absolute atomic E-state index is 13.6. The topological polar surface area (TPSA) is 448 Å². The summed E-state index contributed by atoms with van der Waals surface area (Å²) in [7, 11) is 1.35. The Morgan fingerprint density at radius 2 is 1.03 bits per heavy atom. The van der Waals surface area contributed by atoms with Crippen LogP contribution in [0.4, 0.5) is 0 Å². The lowest BCUT2D eigenvalue weighted by Gasteiger charge is -2.28. The second-order valence-corrected chi connectivity index (χ2v) is 13.3. The van der Waals surface area contributed by atoms with Crippen LogP contribution < -0.4 is 60.2 Å². The van der Waals surface area contributed by atoms with Crippen LogP contribution in [0.15, 0.2) is 9.98 Å². The third kappa shape index (κ3) is 20.6. The van der Waals surface area contributed by atoms with Crippen LogP contribution in [-0.2, 0) is 43.2 Å². The van der Waals surface area contributed by atoms with Crippen molar-refractivity contribution in [2.45, 2.75) is 95.5 Å². The van der Waals surface area contributed by atoms with Crippen LogP contribution in [0.3, 0.4) is 0 Å². The van der Waals surface area contributed by atoms with Gasteiger partial charge in [-0.25, -0.2) is 9.59 Å². The standard InChI is InChI=1S/C33H59N13O13/c1-15(25(51)44-20(30(56)57)9-10-22(49)38-4)21(13-47)45-28(54)18(7-5-11-39-32(34)35)42-26(52)16(2)24(31(58)59)46-29(55)19(8-6-12-40-33(36)37)43-27(53)17(3)41-23(50)14-48/h15-21,24,47-48H,5-14H2,1-4H3,(H,38,49)(H,41,50)(H,42,52)(H,43,53)(H,44,51)(H,45,54)(H,46,55)(H,56,57)(H,58,59)(H4,34,35,39)(H4,36,37,40)/t15-,16-,17+,18-,19-,20+,21-,24+/m0/s1. The van der Waals surface area contributed by atoms with Crippen molar-refractivity contribution in [1.29, 1.82) is 0 Å². The molecule has 334 valence electrons. The largest absolute Gasteiger partial charge is 0.480 e. The predicted octanol–water partition coefficient (Wildman–Crippen LogP) is -7.03. The van der Waals surface area contributed by atoms with Crippen molar-refractivity contribution in [1.82, 2.24) is 37.2 Å². The Bertz CT molecular complexity index is 1540. The molecule has 59 heavy (non-hydrogen) atoms. The molecule has 0 aromatic rings. The highest BCUT2D eigenvalue weighted by Gasteiger charge is 2.37. The molecule has 0 rings (SSSR count). The number of nitrogens with zero attached hydrogens (tertiary/aromatic N) is 2. The van der Waals surface area contributed by atoms with Crippen LogP contribution in [0.25, 0.3) is 0 Å². The van der Waals surface area contributed by atoms with E-state index in [0.717, 1.165) is 6.92 Å². The summed E-state index contributed by atoms with van der Waals surface area (Å²) >= 11 is 0. The number of nitrogens with two attached hydrogens (primary N) is 4. The summed E-state index contributed by atoms with van der Waals surface area (Å²) in [5, 5.41) is 54.8. The first-order valence-electron chi connectivity index (χ1n) is 18.4. The quantitative estimate of drug-likeness (QED) is 0.0198. The second kappa shape index (κ2) is 27.3. The molecule has 0 fully saturated rings. The molecule has 7 amide bonds. The van der Waals surface area contributed by atoms with Crippen LogP contribution in [0, 0.1) is 11.8 Å². The molecular formula is C33H59N13O13. The van der Waals surface area contributed by atoms with Crippen molar-refractivity contribution >= 4 is 65.2 Å². The van der Waals surface area contributed by atoms with E-state index in [2.05, 4.69) is 47.2 Å². The molecule has 0 aliphatic rings. The average molecular weight is 846 g/mol. The molecule has 0 aromatic carbocycles. The molecule has 26 heteroatoms. The summed E-state index contributed by atoms with van der Waals surface area (Å²) in [4.78, 5) is 121. The predicted molar refractivity (Wildman–Crippen MR) is 208 cm³/mol. The molecule has 0 aliphatic carbocycles. The van der Waals surface area contributed by atoms with E-state index in [1.165, 1.54) is 20.9 Å². The van der Waals surface area contributed by atoms with E-state index in [9.17, 15) is 58.5 Å². The average Bonchev–Trinajstić information content (AvgIpc) is 3.17. The molecule has 19 N–H and O–H groups in total. The van der Waals surface area contributed by atoms with E-state index in [-0.39, 0.29) is 63.5 Å². The van der Waals surface area contributed by atoms with Gasteiger partial charge >= 0.3 is 11.9 Å². The van der Waals surface area contributed by atoms with Crippen molar-refractivity contribution in [2.24, 2.45) is 44.8 Å². The van der Waals surface area contributed by atoms with E-state index in [1.807, 2.05) is 0 Å². The highest BCUT2D eigenvalue weighted by atomic mass is 16.4. The maximum atomic E-state index is 13.6. The summed E-state index contributed by atoms with van der Waals surface area (Å²) in [5.74, 6) is -12.7. The molecule has 0 heterocycles.